The molecule has 0 bridgehead atoms. The van der Waals surface area contributed by atoms with Crippen molar-refractivity contribution in [2.75, 3.05) is 32.7 Å². The van der Waals surface area contributed by atoms with Crippen LogP contribution in [0.2, 0.25) is 0 Å². The highest BCUT2D eigenvalue weighted by molar-refractivity contribution is 5.77. The SMILES string of the molecule is O=C(CC1CCN(Cc2ccc(CCCN3CCCCC3)cc2)CC1)NC(c1ccccc1)c1ccccc1. The molecule has 1 amide bonds. The second kappa shape index (κ2) is 14.4. The molecule has 0 radical (unpaired) electrons. The Morgan fingerprint density at radius 3 is 1.92 bits per heavy atom. The van der Waals surface area contributed by atoms with Gasteiger partial charge in [-0.05, 0) is 99.4 Å². The van der Waals surface area contributed by atoms with Crippen LogP contribution in [-0.4, -0.2) is 48.4 Å². The maximum absolute atomic E-state index is 13.1. The summed E-state index contributed by atoms with van der Waals surface area (Å²) in [6.07, 6.45) is 9.39. The summed E-state index contributed by atoms with van der Waals surface area (Å²) in [7, 11) is 0. The van der Waals surface area contributed by atoms with E-state index in [9.17, 15) is 4.79 Å². The molecule has 0 saturated carbocycles. The first-order chi connectivity index (χ1) is 19.2. The maximum Gasteiger partial charge on any atom is 0.221 e. The number of amides is 1. The van der Waals surface area contributed by atoms with Gasteiger partial charge in [-0.1, -0.05) is 91.3 Å². The molecule has 2 fully saturated rings. The number of nitrogens with zero attached hydrogens (tertiary/aromatic N) is 2. The highest BCUT2D eigenvalue weighted by Gasteiger charge is 2.24. The van der Waals surface area contributed by atoms with Crippen LogP contribution in [0.5, 0.6) is 0 Å². The van der Waals surface area contributed by atoms with Gasteiger partial charge in [-0.2, -0.15) is 0 Å². The van der Waals surface area contributed by atoms with Gasteiger partial charge in [-0.15, -0.1) is 0 Å². The largest absolute Gasteiger partial charge is 0.345 e. The Balaban J connectivity index is 1.04. The molecule has 0 aliphatic carbocycles. The van der Waals surface area contributed by atoms with Crippen LogP contribution in [0.1, 0.15) is 73.2 Å². The third-order valence-corrected chi connectivity index (χ3v) is 8.57. The second-order valence-electron chi connectivity index (χ2n) is 11.6. The third-order valence-electron chi connectivity index (χ3n) is 8.57. The van der Waals surface area contributed by atoms with Gasteiger partial charge in [-0.25, -0.2) is 0 Å². The summed E-state index contributed by atoms with van der Waals surface area (Å²) in [5, 5.41) is 3.33. The van der Waals surface area contributed by atoms with Crippen molar-refractivity contribution < 1.29 is 4.79 Å². The molecule has 0 atom stereocenters. The summed E-state index contributed by atoms with van der Waals surface area (Å²) in [4.78, 5) is 18.3. The number of benzene rings is 3. The standard InChI is InChI=1S/C35H45N3O/c39-34(36-35(32-12-4-1-5-13-32)33-14-6-2-7-15-33)27-30-20-25-38(26-21-30)28-31-18-16-29(17-19-31)11-10-24-37-22-8-3-9-23-37/h1-2,4-7,12-19,30,35H,3,8-11,20-28H2,(H,36,39). The van der Waals surface area contributed by atoms with Crippen molar-refractivity contribution in [3.8, 4) is 0 Å². The van der Waals surface area contributed by atoms with Crippen LogP contribution < -0.4 is 5.32 Å². The minimum atomic E-state index is -0.104. The summed E-state index contributed by atoms with van der Waals surface area (Å²) in [5.74, 6) is 0.609. The van der Waals surface area contributed by atoms with Gasteiger partial charge in [-0.3, -0.25) is 9.69 Å². The van der Waals surface area contributed by atoms with Crippen molar-refractivity contribution in [2.24, 2.45) is 5.92 Å². The van der Waals surface area contributed by atoms with E-state index in [2.05, 4.69) is 63.6 Å². The summed E-state index contributed by atoms with van der Waals surface area (Å²) in [6.45, 7) is 6.97. The molecule has 4 heteroatoms. The normalized spacial score (nSPS) is 17.4. The van der Waals surface area contributed by atoms with E-state index in [1.807, 2.05) is 36.4 Å². The quantitative estimate of drug-likeness (QED) is 0.307. The topological polar surface area (TPSA) is 35.6 Å². The highest BCUT2D eigenvalue weighted by Crippen LogP contribution is 2.25. The minimum absolute atomic E-state index is 0.104. The molecule has 206 valence electrons. The first kappa shape index (κ1) is 27.6. The zero-order chi connectivity index (χ0) is 26.7. The average molecular weight is 524 g/mol. The molecule has 5 rings (SSSR count). The number of hydrogen-bond acceptors (Lipinski definition) is 3. The zero-order valence-electron chi connectivity index (χ0n) is 23.4. The van der Waals surface area contributed by atoms with E-state index in [4.69, 9.17) is 0 Å². The number of aryl methyl sites for hydroxylation is 1. The predicted octanol–water partition coefficient (Wildman–Crippen LogP) is 6.61. The lowest BCUT2D eigenvalue weighted by Gasteiger charge is -2.32. The van der Waals surface area contributed by atoms with Crippen molar-refractivity contribution in [1.29, 1.82) is 0 Å². The van der Waals surface area contributed by atoms with Crippen LogP contribution in [0.15, 0.2) is 84.9 Å². The molecular formula is C35H45N3O. The summed E-state index contributed by atoms with van der Waals surface area (Å²) >= 11 is 0. The maximum atomic E-state index is 13.1. The van der Waals surface area contributed by atoms with Crippen LogP contribution in [0.4, 0.5) is 0 Å². The fraction of sp³-hybridized carbons (Fsp3) is 0.457. The van der Waals surface area contributed by atoms with Crippen LogP contribution in [-0.2, 0) is 17.8 Å². The van der Waals surface area contributed by atoms with Crippen LogP contribution in [0.25, 0.3) is 0 Å². The Morgan fingerprint density at radius 2 is 1.31 bits per heavy atom. The number of carbonyl (C=O) groups is 1. The lowest BCUT2D eigenvalue weighted by Crippen LogP contribution is -2.36. The molecule has 2 saturated heterocycles. The second-order valence-corrected chi connectivity index (χ2v) is 11.6. The number of piperidine rings is 2. The lowest BCUT2D eigenvalue weighted by atomic mass is 9.92. The van der Waals surface area contributed by atoms with E-state index < -0.39 is 0 Å². The van der Waals surface area contributed by atoms with E-state index in [-0.39, 0.29) is 11.9 Å². The Kier molecular flexibility index (Phi) is 10.2. The molecule has 0 unspecified atom stereocenters. The van der Waals surface area contributed by atoms with E-state index in [0.717, 1.165) is 43.6 Å². The number of nitrogens with one attached hydrogen (secondary N) is 1. The molecule has 2 aliphatic rings. The van der Waals surface area contributed by atoms with Crippen LogP contribution in [0.3, 0.4) is 0 Å². The van der Waals surface area contributed by atoms with E-state index >= 15 is 0 Å². The van der Waals surface area contributed by atoms with E-state index in [1.54, 1.807) is 0 Å². The average Bonchev–Trinajstić information content (AvgIpc) is 2.99. The Bertz CT molecular complexity index is 1080. The third kappa shape index (κ3) is 8.52. The first-order valence-electron chi connectivity index (χ1n) is 15.1. The fourth-order valence-electron chi connectivity index (χ4n) is 6.24. The molecule has 39 heavy (non-hydrogen) atoms. The van der Waals surface area contributed by atoms with Gasteiger partial charge in [0.1, 0.15) is 0 Å². The van der Waals surface area contributed by atoms with Gasteiger partial charge < -0.3 is 10.2 Å². The number of likely N-dealkylation sites (tertiary alicyclic amines) is 2. The van der Waals surface area contributed by atoms with Crippen molar-refractivity contribution >= 4 is 5.91 Å². The van der Waals surface area contributed by atoms with Gasteiger partial charge >= 0.3 is 0 Å². The lowest BCUT2D eigenvalue weighted by molar-refractivity contribution is -0.122. The summed E-state index contributed by atoms with van der Waals surface area (Å²) in [6, 6.07) is 29.8. The Hall–Kier alpha value is -2.95. The van der Waals surface area contributed by atoms with Gasteiger partial charge in [0.2, 0.25) is 5.91 Å². The molecule has 0 aromatic heterocycles. The summed E-state index contributed by atoms with van der Waals surface area (Å²) in [5.41, 5.74) is 5.11. The molecular weight excluding hydrogens is 478 g/mol. The van der Waals surface area contributed by atoms with Crippen molar-refractivity contribution in [3.05, 3.63) is 107 Å². The minimum Gasteiger partial charge on any atom is -0.345 e. The molecule has 0 spiro atoms. The fourth-order valence-corrected chi connectivity index (χ4v) is 6.24. The summed E-state index contributed by atoms with van der Waals surface area (Å²) < 4.78 is 0. The molecule has 3 aromatic rings. The predicted molar refractivity (Wildman–Crippen MR) is 161 cm³/mol. The first-order valence-corrected chi connectivity index (χ1v) is 15.1. The van der Waals surface area contributed by atoms with Crippen molar-refractivity contribution in [2.45, 2.75) is 64.0 Å². The van der Waals surface area contributed by atoms with Gasteiger partial charge in [0.05, 0.1) is 6.04 Å². The van der Waals surface area contributed by atoms with E-state index in [0.29, 0.717) is 12.3 Å². The number of carbonyl (C=O) groups excluding carboxylic acids is 1. The molecule has 3 aromatic carbocycles. The van der Waals surface area contributed by atoms with Gasteiger partial charge in [0, 0.05) is 13.0 Å². The van der Waals surface area contributed by atoms with E-state index in [1.165, 1.54) is 62.9 Å². The van der Waals surface area contributed by atoms with Crippen molar-refractivity contribution in [1.82, 2.24) is 15.1 Å². The monoisotopic (exact) mass is 523 g/mol. The molecule has 2 aliphatic heterocycles. The Labute approximate surface area is 235 Å². The van der Waals surface area contributed by atoms with Gasteiger partial charge in [0.15, 0.2) is 0 Å². The van der Waals surface area contributed by atoms with Crippen LogP contribution >= 0.6 is 0 Å². The molecule has 2 heterocycles. The Morgan fingerprint density at radius 1 is 0.718 bits per heavy atom. The smallest absolute Gasteiger partial charge is 0.221 e. The molecule has 4 nitrogen and oxygen atoms in total. The van der Waals surface area contributed by atoms with Gasteiger partial charge in [0.25, 0.3) is 0 Å². The molecule has 1 N–H and O–H groups in total. The van der Waals surface area contributed by atoms with Crippen molar-refractivity contribution in [3.63, 3.8) is 0 Å². The number of hydrogen-bond donors (Lipinski definition) is 1. The van der Waals surface area contributed by atoms with Crippen LogP contribution in [0, 0.1) is 5.92 Å². The number of rotatable bonds is 11. The highest BCUT2D eigenvalue weighted by atomic mass is 16.1. The zero-order valence-corrected chi connectivity index (χ0v) is 23.4.